The number of hydrogen-bond acceptors (Lipinski definition) is 3. The lowest BCUT2D eigenvalue weighted by Gasteiger charge is -2.05. The Bertz CT molecular complexity index is 517. The van der Waals surface area contributed by atoms with Crippen LogP contribution >= 0.6 is 0 Å². The van der Waals surface area contributed by atoms with E-state index in [-0.39, 0.29) is 19.0 Å². The minimum absolute atomic E-state index is 0.0126. The summed E-state index contributed by atoms with van der Waals surface area (Å²) in [4.78, 5) is 11.7. The van der Waals surface area contributed by atoms with E-state index in [2.05, 4.69) is 0 Å². The Balaban J connectivity index is 1.83. The minimum Gasteiger partial charge on any atom is -0.461 e. The van der Waals surface area contributed by atoms with E-state index in [0.717, 1.165) is 16.7 Å². The van der Waals surface area contributed by atoms with Gasteiger partial charge in [0.15, 0.2) is 0 Å². The second-order valence-electron chi connectivity index (χ2n) is 4.30. The van der Waals surface area contributed by atoms with Crippen molar-refractivity contribution < 1.29 is 14.6 Å². The smallest absolute Gasteiger partial charge is 0.310 e. The van der Waals surface area contributed by atoms with Gasteiger partial charge in [-0.25, -0.2) is 0 Å². The molecule has 1 N–H and O–H groups in total. The highest BCUT2D eigenvalue weighted by Gasteiger charge is 2.05. The zero-order valence-corrected chi connectivity index (χ0v) is 10.6. The summed E-state index contributed by atoms with van der Waals surface area (Å²) in [7, 11) is 0. The van der Waals surface area contributed by atoms with Gasteiger partial charge >= 0.3 is 5.97 Å². The van der Waals surface area contributed by atoms with Crippen molar-refractivity contribution in [2.24, 2.45) is 0 Å². The Morgan fingerprint density at radius 3 is 2.16 bits per heavy atom. The predicted molar refractivity (Wildman–Crippen MR) is 72.3 cm³/mol. The number of aliphatic hydroxyl groups excluding tert-OH is 1. The summed E-state index contributed by atoms with van der Waals surface area (Å²) in [6, 6.07) is 16.9. The molecule has 0 atom stereocenters. The molecule has 98 valence electrons. The molecule has 3 nitrogen and oxygen atoms in total. The van der Waals surface area contributed by atoms with Crippen molar-refractivity contribution in [2.45, 2.75) is 19.6 Å². The van der Waals surface area contributed by atoms with Gasteiger partial charge in [-0.15, -0.1) is 0 Å². The molecule has 0 unspecified atom stereocenters. The minimum atomic E-state index is -0.249. The third-order valence-electron chi connectivity index (χ3n) is 2.80. The molecular weight excluding hydrogens is 240 g/mol. The Hall–Kier alpha value is -2.13. The van der Waals surface area contributed by atoms with Crippen LogP contribution in [0.25, 0.3) is 0 Å². The highest BCUT2D eigenvalue weighted by Crippen LogP contribution is 2.07. The number of ether oxygens (including phenoxy) is 1. The maximum atomic E-state index is 11.7. The number of aliphatic hydroxyl groups is 1. The molecule has 0 saturated carbocycles. The zero-order valence-electron chi connectivity index (χ0n) is 10.6. The van der Waals surface area contributed by atoms with Crippen LogP contribution in [0.4, 0.5) is 0 Å². The molecule has 0 saturated heterocycles. The lowest BCUT2D eigenvalue weighted by molar-refractivity contribution is -0.144. The molecule has 0 bridgehead atoms. The lowest BCUT2D eigenvalue weighted by Crippen LogP contribution is -2.08. The number of rotatable bonds is 5. The monoisotopic (exact) mass is 256 g/mol. The molecule has 0 fully saturated rings. The van der Waals surface area contributed by atoms with E-state index in [1.165, 1.54) is 0 Å². The van der Waals surface area contributed by atoms with Gasteiger partial charge in [0.2, 0.25) is 0 Å². The normalized spacial score (nSPS) is 10.2. The first-order valence-corrected chi connectivity index (χ1v) is 6.16. The Morgan fingerprint density at radius 1 is 0.895 bits per heavy atom. The van der Waals surface area contributed by atoms with E-state index in [1.807, 2.05) is 42.5 Å². The summed E-state index contributed by atoms with van der Waals surface area (Å²) < 4.78 is 5.20. The van der Waals surface area contributed by atoms with E-state index >= 15 is 0 Å². The van der Waals surface area contributed by atoms with Crippen molar-refractivity contribution in [3.8, 4) is 0 Å². The molecule has 0 aliphatic heterocycles. The van der Waals surface area contributed by atoms with Gasteiger partial charge in [-0.2, -0.15) is 0 Å². The van der Waals surface area contributed by atoms with Crippen LogP contribution in [0.15, 0.2) is 54.6 Å². The molecule has 2 aromatic rings. The predicted octanol–water partition coefficient (Wildman–Crippen LogP) is 2.46. The number of carbonyl (C=O) groups is 1. The van der Waals surface area contributed by atoms with Crippen molar-refractivity contribution >= 4 is 5.97 Å². The van der Waals surface area contributed by atoms with Gasteiger partial charge in [-0.05, 0) is 16.7 Å². The lowest BCUT2D eigenvalue weighted by atomic mass is 10.1. The van der Waals surface area contributed by atoms with Gasteiger partial charge in [0.1, 0.15) is 6.61 Å². The Labute approximate surface area is 112 Å². The Morgan fingerprint density at radius 2 is 1.53 bits per heavy atom. The maximum absolute atomic E-state index is 11.7. The number of benzene rings is 2. The maximum Gasteiger partial charge on any atom is 0.310 e. The first kappa shape index (κ1) is 13.3. The van der Waals surface area contributed by atoms with Gasteiger partial charge in [-0.3, -0.25) is 4.79 Å². The zero-order chi connectivity index (χ0) is 13.5. The van der Waals surface area contributed by atoms with Crippen LogP contribution in [0.3, 0.4) is 0 Å². The summed E-state index contributed by atoms with van der Waals surface area (Å²) >= 11 is 0. The van der Waals surface area contributed by atoms with E-state index in [9.17, 15) is 4.79 Å². The molecule has 0 aliphatic rings. The van der Waals surface area contributed by atoms with Crippen LogP contribution in [0, 0.1) is 0 Å². The molecule has 0 aliphatic carbocycles. The quantitative estimate of drug-likeness (QED) is 0.836. The second kappa shape index (κ2) is 6.71. The van der Waals surface area contributed by atoms with Crippen molar-refractivity contribution in [1.29, 1.82) is 0 Å². The van der Waals surface area contributed by atoms with Crippen molar-refractivity contribution in [3.05, 3.63) is 71.3 Å². The van der Waals surface area contributed by atoms with Crippen molar-refractivity contribution in [2.75, 3.05) is 0 Å². The van der Waals surface area contributed by atoms with Crippen LogP contribution < -0.4 is 0 Å². The highest BCUT2D eigenvalue weighted by atomic mass is 16.5. The molecular formula is C16H16O3. The number of carbonyl (C=O) groups excluding carboxylic acids is 1. The first-order valence-electron chi connectivity index (χ1n) is 6.16. The van der Waals surface area contributed by atoms with Crippen molar-refractivity contribution in [3.63, 3.8) is 0 Å². The topological polar surface area (TPSA) is 46.5 Å². The van der Waals surface area contributed by atoms with Crippen LogP contribution in [0.1, 0.15) is 16.7 Å². The Kier molecular flexibility index (Phi) is 4.70. The molecule has 19 heavy (non-hydrogen) atoms. The average Bonchev–Trinajstić information content (AvgIpc) is 2.47. The fourth-order valence-electron chi connectivity index (χ4n) is 1.72. The number of esters is 1. The molecule has 0 heterocycles. The molecule has 3 heteroatoms. The summed E-state index contributed by atoms with van der Waals surface area (Å²) in [6.45, 7) is 0.313. The van der Waals surface area contributed by atoms with Crippen molar-refractivity contribution in [1.82, 2.24) is 0 Å². The molecule has 0 radical (unpaired) electrons. The summed E-state index contributed by atoms with van der Waals surface area (Å²) in [5, 5.41) is 8.93. The third kappa shape index (κ3) is 4.23. The standard InChI is InChI=1S/C16H16O3/c17-11-14-8-6-13(7-9-14)10-16(18)19-12-15-4-2-1-3-5-15/h1-9,17H,10-12H2. The van der Waals surface area contributed by atoms with E-state index in [4.69, 9.17) is 9.84 Å². The molecule has 0 aromatic heterocycles. The molecule has 2 aromatic carbocycles. The third-order valence-corrected chi connectivity index (χ3v) is 2.80. The highest BCUT2D eigenvalue weighted by molar-refractivity contribution is 5.72. The van der Waals surface area contributed by atoms with E-state index < -0.39 is 0 Å². The first-order chi connectivity index (χ1) is 9.28. The second-order valence-corrected chi connectivity index (χ2v) is 4.30. The summed E-state index contributed by atoms with van der Waals surface area (Å²) in [5.74, 6) is -0.249. The van der Waals surface area contributed by atoms with Crippen LogP contribution in [-0.2, 0) is 29.2 Å². The number of hydrogen-bond donors (Lipinski definition) is 1. The van der Waals surface area contributed by atoms with Gasteiger partial charge in [0, 0.05) is 0 Å². The van der Waals surface area contributed by atoms with E-state index in [0.29, 0.717) is 6.61 Å². The van der Waals surface area contributed by atoms with Crippen LogP contribution in [0.5, 0.6) is 0 Å². The summed E-state index contributed by atoms with van der Waals surface area (Å²) in [5.41, 5.74) is 2.70. The SMILES string of the molecule is O=C(Cc1ccc(CO)cc1)OCc1ccccc1. The van der Waals surface area contributed by atoms with Gasteiger partial charge in [-0.1, -0.05) is 54.6 Å². The molecule has 0 spiro atoms. The van der Waals surface area contributed by atoms with Gasteiger partial charge in [0.05, 0.1) is 13.0 Å². The molecule has 0 amide bonds. The van der Waals surface area contributed by atoms with E-state index in [1.54, 1.807) is 12.1 Å². The van der Waals surface area contributed by atoms with Gasteiger partial charge in [0.25, 0.3) is 0 Å². The molecule has 2 rings (SSSR count). The largest absolute Gasteiger partial charge is 0.461 e. The van der Waals surface area contributed by atoms with Crippen LogP contribution in [0.2, 0.25) is 0 Å². The fraction of sp³-hybridized carbons (Fsp3) is 0.188. The summed E-state index contributed by atoms with van der Waals surface area (Å²) in [6.07, 6.45) is 0.249. The average molecular weight is 256 g/mol. The fourth-order valence-corrected chi connectivity index (χ4v) is 1.72. The van der Waals surface area contributed by atoms with Crippen LogP contribution in [-0.4, -0.2) is 11.1 Å². The van der Waals surface area contributed by atoms with Gasteiger partial charge < -0.3 is 9.84 Å².